The van der Waals surface area contributed by atoms with Gasteiger partial charge in [0, 0.05) is 27.2 Å². The summed E-state index contributed by atoms with van der Waals surface area (Å²) in [4.78, 5) is 5.01. The van der Waals surface area contributed by atoms with Gasteiger partial charge in [-0.2, -0.15) is 0 Å². The largest absolute Gasteiger partial charge is 0.296 e. The zero-order valence-corrected chi connectivity index (χ0v) is 20.6. The van der Waals surface area contributed by atoms with E-state index in [0.29, 0.717) is 21.0 Å². The standard InChI is InChI=1S/C24H21Cl3N4S/c1-14-21(24-30-29-23(32-24)15-5-3-2-4-6-15)28-22(19-12-9-17(26)13-20(19)27)31(14)18-10-7-16(25)8-11-18/h7-13,15H,2-6H2,1H3. The van der Waals surface area contributed by atoms with Gasteiger partial charge in [-0.3, -0.25) is 4.57 Å². The number of halogens is 3. The van der Waals surface area contributed by atoms with E-state index in [1.165, 1.54) is 32.1 Å². The molecule has 5 rings (SSSR count). The highest BCUT2D eigenvalue weighted by Gasteiger charge is 2.25. The van der Waals surface area contributed by atoms with Crippen LogP contribution in [-0.4, -0.2) is 19.7 Å². The van der Waals surface area contributed by atoms with Crippen molar-refractivity contribution in [2.24, 2.45) is 0 Å². The fourth-order valence-corrected chi connectivity index (χ4v) is 5.98. The van der Waals surface area contributed by atoms with Crippen molar-refractivity contribution in [3.63, 3.8) is 0 Å². The minimum Gasteiger partial charge on any atom is -0.296 e. The van der Waals surface area contributed by atoms with Gasteiger partial charge in [0.15, 0.2) is 5.01 Å². The summed E-state index contributed by atoms with van der Waals surface area (Å²) in [7, 11) is 0. The Morgan fingerprint density at radius 1 is 0.906 bits per heavy atom. The maximum atomic E-state index is 6.58. The predicted molar refractivity (Wildman–Crippen MR) is 133 cm³/mol. The molecule has 0 aliphatic heterocycles. The maximum absolute atomic E-state index is 6.58. The summed E-state index contributed by atoms with van der Waals surface area (Å²) in [6, 6.07) is 13.1. The van der Waals surface area contributed by atoms with E-state index < -0.39 is 0 Å². The second-order valence-electron chi connectivity index (χ2n) is 8.09. The Kier molecular flexibility index (Phi) is 6.26. The van der Waals surface area contributed by atoms with Crippen LogP contribution in [0.4, 0.5) is 0 Å². The minimum atomic E-state index is 0.513. The molecule has 0 unspecified atom stereocenters. The summed E-state index contributed by atoms with van der Waals surface area (Å²) < 4.78 is 2.09. The lowest BCUT2D eigenvalue weighted by molar-refractivity contribution is 0.440. The predicted octanol–water partition coefficient (Wildman–Crippen LogP) is 8.37. The van der Waals surface area contributed by atoms with Crippen LogP contribution in [0.1, 0.15) is 48.7 Å². The van der Waals surface area contributed by atoms with Gasteiger partial charge in [-0.25, -0.2) is 4.98 Å². The average molecular weight is 504 g/mol. The van der Waals surface area contributed by atoms with E-state index in [-0.39, 0.29) is 0 Å². The van der Waals surface area contributed by atoms with Crippen LogP contribution in [-0.2, 0) is 0 Å². The second kappa shape index (κ2) is 9.14. The molecule has 0 bridgehead atoms. The molecule has 0 N–H and O–H groups in total. The summed E-state index contributed by atoms with van der Waals surface area (Å²) in [5.74, 6) is 1.25. The van der Waals surface area contributed by atoms with Crippen LogP contribution >= 0.6 is 46.1 Å². The molecule has 0 radical (unpaired) electrons. The Bertz CT molecular complexity index is 1260. The molecule has 0 saturated heterocycles. The first-order valence-corrected chi connectivity index (χ1v) is 12.6. The van der Waals surface area contributed by atoms with Gasteiger partial charge in [0.25, 0.3) is 0 Å². The van der Waals surface area contributed by atoms with Gasteiger partial charge in [-0.15, -0.1) is 10.2 Å². The molecule has 32 heavy (non-hydrogen) atoms. The molecule has 164 valence electrons. The molecule has 1 aliphatic rings. The Hall–Kier alpha value is -1.92. The Morgan fingerprint density at radius 2 is 1.62 bits per heavy atom. The van der Waals surface area contributed by atoms with Crippen molar-refractivity contribution >= 4 is 46.1 Å². The van der Waals surface area contributed by atoms with E-state index in [0.717, 1.165) is 38.5 Å². The molecular weight excluding hydrogens is 483 g/mol. The first kappa shape index (κ1) is 21.9. The van der Waals surface area contributed by atoms with Crippen molar-refractivity contribution in [1.29, 1.82) is 0 Å². The quantitative estimate of drug-likeness (QED) is 0.281. The van der Waals surface area contributed by atoms with Crippen molar-refractivity contribution in [3.05, 3.63) is 68.2 Å². The monoisotopic (exact) mass is 502 g/mol. The first-order chi connectivity index (χ1) is 15.5. The summed E-state index contributed by atoms with van der Waals surface area (Å²) in [6.45, 7) is 2.05. The summed E-state index contributed by atoms with van der Waals surface area (Å²) in [5, 5.41) is 12.8. The van der Waals surface area contributed by atoms with Crippen LogP contribution in [0.5, 0.6) is 0 Å². The fourth-order valence-electron chi connectivity index (χ4n) is 4.31. The molecule has 0 spiro atoms. The van der Waals surface area contributed by atoms with E-state index in [9.17, 15) is 0 Å². The summed E-state index contributed by atoms with van der Waals surface area (Å²) >= 11 is 20.5. The van der Waals surface area contributed by atoms with Gasteiger partial charge in [-0.05, 0) is 62.2 Å². The third kappa shape index (κ3) is 4.19. The second-order valence-corrected chi connectivity index (χ2v) is 10.4. The Balaban J connectivity index is 1.64. The Labute approximate surface area is 206 Å². The third-order valence-corrected chi connectivity index (χ3v) is 7.85. The molecule has 2 aromatic heterocycles. The van der Waals surface area contributed by atoms with Crippen molar-refractivity contribution in [2.75, 3.05) is 0 Å². The van der Waals surface area contributed by atoms with Crippen LogP contribution in [0.25, 0.3) is 27.8 Å². The van der Waals surface area contributed by atoms with Crippen molar-refractivity contribution in [1.82, 2.24) is 19.7 Å². The molecule has 1 saturated carbocycles. The molecule has 0 atom stereocenters. The number of rotatable bonds is 4. The van der Waals surface area contributed by atoms with Crippen molar-refractivity contribution < 1.29 is 0 Å². The van der Waals surface area contributed by atoms with Gasteiger partial charge >= 0.3 is 0 Å². The van der Waals surface area contributed by atoms with E-state index in [1.807, 2.05) is 43.3 Å². The van der Waals surface area contributed by atoms with Crippen LogP contribution in [0.3, 0.4) is 0 Å². The van der Waals surface area contributed by atoms with Gasteiger partial charge in [0.05, 0.1) is 10.7 Å². The molecule has 1 fully saturated rings. The number of nitrogens with zero attached hydrogens (tertiary/aromatic N) is 4. The van der Waals surface area contributed by atoms with E-state index in [2.05, 4.69) is 14.8 Å². The topological polar surface area (TPSA) is 43.6 Å². The molecule has 8 heteroatoms. The van der Waals surface area contributed by atoms with Gasteiger partial charge in [0.2, 0.25) is 0 Å². The number of imidazole rings is 1. The lowest BCUT2D eigenvalue weighted by Gasteiger charge is -2.18. The minimum absolute atomic E-state index is 0.513. The molecular formula is C24H21Cl3N4S. The van der Waals surface area contributed by atoms with Gasteiger partial charge in [-0.1, -0.05) is 65.4 Å². The van der Waals surface area contributed by atoms with E-state index >= 15 is 0 Å². The van der Waals surface area contributed by atoms with Crippen LogP contribution in [0, 0.1) is 6.92 Å². The number of hydrogen-bond donors (Lipinski definition) is 0. The number of aromatic nitrogens is 4. The van der Waals surface area contributed by atoms with Crippen molar-refractivity contribution in [2.45, 2.75) is 44.9 Å². The SMILES string of the molecule is Cc1c(-c2nnc(C3CCCCC3)s2)nc(-c2ccc(Cl)cc2Cl)n1-c1ccc(Cl)cc1. The molecule has 2 heterocycles. The van der Waals surface area contributed by atoms with Crippen molar-refractivity contribution in [3.8, 4) is 27.8 Å². The van der Waals surface area contributed by atoms with Crippen LogP contribution in [0.15, 0.2) is 42.5 Å². The van der Waals surface area contributed by atoms with Gasteiger partial charge < -0.3 is 0 Å². The average Bonchev–Trinajstić information content (AvgIpc) is 3.40. The highest BCUT2D eigenvalue weighted by molar-refractivity contribution is 7.14. The molecule has 1 aliphatic carbocycles. The number of hydrogen-bond acceptors (Lipinski definition) is 4. The molecule has 0 amide bonds. The lowest BCUT2D eigenvalue weighted by Crippen LogP contribution is -2.03. The highest BCUT2D eigenvalue weighted by atomic mass is 35.5. The zero-order valence-electron chi connectivity index (χ0n) is 17.5. The lowest BCUT2D eigenvalue weighted by atomic mass is 9.90. The normalized spacial score (nSPS) is 14.8. The maximum Gasteiger partial charge on any atom is 0.168 e. The smallest absolute Gasteiger partial charge is 0.168 e. The molecule has 4 nitrogen and oxygen atoms in total. The fraction of sp³-hybridized carbons (Fsp3) is 0.292. The Morgan fingerprint density at radius 3 is 2.34 bits per heavy atom. The van der Waals surface area contributed by atoms with Crippen LogP contribution < -0.4 is 0 Å². The van der Waals surface area contributed by atoms with E-state index in [4.69, 9.17) is 39.8 Å². The first-order valence-electron chi connectivity index (χ1n) is 10.7. The molecule has 4 aromatic rings. The van der Waals surface area contributed by atoms with Crippen LogP contribution in [0.2, 0.25) is 15.1 Å². The summed E-state index contributed by atoms with van der Waals surface area (Å²) in [5.41, 5.74) is 3.54. The summed E-state index contributed by atoms with van der Waals surface area (Å²) in [6.07, 6.45) is 6.24. The highest BCUT2D eigenvalue weighted by Crippen LogP contribution is 2.39. The van der Waals surface area contributed by atoms with E-state index in [1.54, 1.807) is 17.4 Å². The zero-order chi connectivity index (χ0) is 22.2. The molecule has 2 aromatic carbocycles. The van der Waals surface area contributed by atoms with Gasteiger partial charge in [0.1, 0.15) is 16.5 Å². The third-order valence-electron chi connectivity index (χ3n) is 5.96. The number of benzene rings is 2.